The Morgan fingerprint density at radius 1 is 1.44 bits per heavy atom. The smallest absolute Gasteiger partial charge is 0.347 e. The molecular weight excluding hydrogens is 229 g/mol. The zero-order chi connectivity index (χ0) is 13.4. The molecule has 0 saturated heterocycles. The van der Waals surface area contributed by atoms with Gasteiger partial charge in [-0.15, -0.1) is 9.79 Å². The van der Waals surface area contributed by atoms with E-state index in [-0.39, 0.29) is 11.4 Å². The molecule has 0 heterocycles. The molecule has 0 rings (SSSR count). The van der Waals surface area contributed by atoms with Crippen molar-refractivity contribution in [2.24, 2.45) is 0 Å². The average molecular weight is 250 g/mol. The summed E-state index contributed by atoms with van der Waals surface area (Å²) in [5.74, 6) is -0.0477. The van der Waals surface area contributed by atoms with E-state index >= 15 is 0 Å². The van der Waals surface area contributed by atoms with Gasteiger partial charge in [0.1, 0.15) is 0 Å². The Morgan fingerprint density at radius 2 is 1.81 bits per heavy atom. The quantitative estimate of drug-likeness (QED) is 0.525. The lowest BCUT2D eigenvalue weighted by molar-refractivity contribution is -0.119. The van der Waals surface area contributed by atoms with Crippen molar-refractivity contribution in [1.29, 1.82) is 0 Å². The summed E-state index contributed by atoms with van der Waals surface area (Å²) in [7, 11) is -2.87. The number of carbonyl (C=O) groups is 1. The summed E-state index contributed by atoms with van der Waals surface area (Å²) in [4.78, 5) is 25.5. The van der Waals surface area contributed by atoms with Crippen molar-refractivity contribution in [2.45, 2.75) is 46.1 Å². The van der Waals surface area contributed by atoms with Crippen molar-refractivity contribution in [2.75, 3.05) is 0 Å². The van der Waals surface area contributed by atoms with E-state index in [9.17, 15) is 4.79 Å². The lowest BCUT2D eigenvalue weighted by Gasteiger charge is -2.25. The van der Waals surface area contributed by atoms with Crippen LogP contribution in [0.5, 0.6) is 0 Å². The Labute approximate surface area is 97.5 Å². The van der Waals surface area contributed by atoms with Crippen LogP contribution in [0, 0.1) is 0 Å². The molecule has 6 heteroatoms. The molecule has 1 amide bonds. The second-order valence-corrected chi connectivity index (χ2v) is 4.63. The fourth-order valence-corrected chi connectivity index (χ4v) is 1.10. The Balaban J connectivity index is 0. The van der Waals surface area contributed by atoms with E-state index in [1.807, 2.05) is 13.8 Å². The first kappa shape index (κ1) is 17.6. The van der Waals surface area contributed by atoms with Gasteiger partial charge < -0.3 is 5.32 Å². The maximum absolute atomic E-state index is 11.2. The monoisotopic (exact) mass is 250 g/mol. The highest BCUT2D eigenvalue weighted by atomic mass is 31.1. The largest absolute Gasteiger partial charge is 0.692 e. The summed E-state index contributed by atoms with van der Waals surface area (Å²) in [6, 6.07) is 0. The molecule has 94 valence electrons. The molecule has 0 fully saturated rings. The highest BCUT2D eigenvalue weighted by molar-refractivity contribution is 7.30. The number of amides is 1. The van der Waals surface area contributed by atoms with Gasteiger partial charge in [-0.3, -0.25) is 4.79 Å². The number of rotatable bonds is 4. The van der Waals surface area contributed by atoms with Gasteiger partial charge in [0.15, 0.2) is 0 Å². The van der Waals surface area contributed by atoms with Crippen molar-refractivity contribution in [3.63, 3.8) is 0 Å². The lowest BCUT2D eigenvalue weighted by Crippen LogP contribution is -2.43. The summed E-state index contributed by atoms with van der Waals surface area (Å²) < 4.78 is 8.70. The topological polar surface area (TPSA) is 86.6 Å². The summed E-state index contributed by atoms with van der Waals surface area (Å²) in [5.41, 5.74) is 0.462. The van der Waals surface area contributed by atoms with Crippen LogP contribution in [-0.4, -0.2) is 21.2 Å². The first-order chi connectivity index (χ1) is 7.12. The van der Waals surface area contributed by atoms with Gasteiger partial charge in [0.25, 0.3) is 0 Å². The van der Waals surface area contributed by atoms with Gasteiger partial charge in [-0.25, -0.2) is 0 Å². The molecule has 0 bridgehead atoms. The molecular formula is C10H21NO4P+. The van der Waals surface area contributed by atoms with E-state index in [0.29, 0.717) is 5.57 Å². The van der Waals surface area contributed by atoms with Crippen LogP contribution in [0.4, 0.5) is 0 Å². The maximum atomic E-state index is 11.2. The number of nitrogens with one attached hydrogen (secondary N) is 1. The van der Waals surface area contributed by atoms with E-state index < -0.39 is 8.25 Å². The zero-order valence-corrected chi connectivity index (χ0v) is 11.2. The van der Waals surface area contributed by atoms with Crippen LogP contribution in [-0.2, 0) is 9.36 Å². The molecule has 5 nitrogen and oxygen atoms in total. The van der Waals surface area contributed by atoms with Crippen LogP contribution in [0.2, 0.25) is 0 Å². The van der Waals surface area contributed by atoms with Crippen LogP contribution in [0.1, 0.15) is 40.5 Å². The summed E-state index contributed by atoms with van der Waals surface area (Å²) in [6.07, 6.45) is 2.06. The van der Waals surface area contributed by atoms with Crippen molar-refractivity contribution >= 4 is 14.2 Å². The summed E-state index contributed by atoms with van der Waals surface area (Å²) in [6.45, 7) is 11.5. The molecule has 0 aromatic carbocycles. The van der Waals surface area contributed by atoms with Gasteiger partial charge in [-0.2, -0.15) is 0 Å². The Hall–Kier alpha value is -0.770. The molecule has 0 radical (unpaired) electrons. The predicted molar refractivity (Wildman–Crippen MR) is 64.0 cm³/mol. The van der Waals surface area contributed by atoms with Crippen LogP contribution in [0.15, 0.2) is 12.2 Å². The first-order valence-corrected chi connectivity index (χ1v) is 6.12. The molecule has 0 aromatic heterocycles. The molecule has 16 heavy (non-hydrogen) atoms. The van der Waals surface area contributed by atoms with Crippen LogP contribution < -0.4 is 5.32 Å². The standard InChI is InChI=1S/C10H19NO.HO3P/c1-6-7-10(4,5)11-9(12)8(2)3;1-4(2)3/h2,6-7H2,1,3-5H3,(H,11,12);(H-,1,2,3)/p+1. The van der Waals surface area contributed by atoms with Gasteiger partial charge in [-0.1, -0.05) is 19.9 Å². The summed E-state index contributed by atoms with van der Waals surface area (Å²) >= 11 is 0. The summed E-state index contributed by atoms with van der Waals surface area (Å²) in [5, 5.41) is 2.92. The van der Waals surface area contributed by atoms with Gasteiger partial charge in [0.2, 0.25) is 5.91 Å². The van der Waals surface area contributed by atoms with E-state index in [1.54, 1.807) is 6.92 Å². The van der Waals surface area contributed by atoms with Gasteiger partial charge in [-0.05, 0) is 27.2 Å². The second-order valence-electron chi connectivity index (χ2n) is 4.12. The van der Waals surface area contributed by atoms with Crippen LogP contribution >= 0.6 is 8.25 Å². The highest BCUT2D eigenvalue weighted by Gasteiger charge is 2.18. The molecule has 0 aliphatic rings. The van der Waals surface area contributed by atoms with Crippen molar-refractivity contribution < 1.29 is 19.1 Å². The van der Waals surface area contributed by atoms with Gasteiger partial charge in [0, 0.05) is 15.7 Å². The second kappa shape index (κ2) is 8.39. The molecule has 0 aliphatic carbocycles. The number of carbonyl (C=O) groups excluding carboxylic acids is 1. The first-order valence-electron chi connectivity index (χ1n) is 4.95. The minimum atomic E-state index is -2.87. The third-order valence-corrected chi connectivity index (χ3v) is 1.71. The Morgan fingerprint density at radius 3 is 2.06 bits per heavy atom. The maximum Gasteiger partial charge on any atom is 0.692 e. The van der Waals surface area contributed by atoms with Crippen LogP contribution in [0.3, 0.4) is 0 Å². The molecule has 0 unspecified atom stereocenters. The average Bonchev–Trinajstić information content (AvgIpc) is 2.01. The molecule has 0 saturated carbocycles. The zero-order valence-electron chi connectivity index (χ0n) is 10.3. The van der Waals surface area contributed by atoms with E-state index in [4.69, 9.17) is 14.4 Å². The predicted octanol–water partition coefficient (Wildman–Crippen LogP) is 1.89. The molecule has 0 aliphatic heterocycles. The third kappa shape index (κ3) is 13.2. The third-order valence-electron chi connectivity index (χ3n) is 1.71. The highest BCUT2D eigenvalue weighted by Crippen LogP contribution is 2.11. The minimum Gasteiger partial charge on any atom is -0.347 e. The van der Waals surface area contributed by atoms with E-state index in [2.05, 4.69) is 18.8 Å². The molecule has 0 spiro atoms. The fraction of sp³-hybridized carbons (Fsp3) is 0.700. The normalized spacial score (nSPS) is 9.88. The SMILES string of the molecule is C=C(C)C(=O)NC(C)(C)CCC.O=[P+](O)O. The fourth-order valence-electron chi connectivity index (χ4n) is 1.10. The van der Waals surface area contributed by atoms with E-state index in [1.165, 1.54) is 0 Å². The molecule has 3 N–H and O–H groups in total. The Kier molecular flexibility index (Phi) is 9.24. The number of hydrogen-bond acceptors (Lipinski definition) is 2. The Bertz CT molecular complexity index is 260. The molecule has 0 aromatic rings. The van der Waals surface area contributed by atoms with Gasteiger partial charge >= 0.3 is 8.25 Å². The lowest BCUT2D eigenvalue weighted by atomic mass is 9.98. The van der Waals surface area contributed by atoms with Crippen LogP contribution in [0.25, 0.3) is 0 Å². The van der Waals surface area contributed by atoms with Gasteiger partial charge in [0.05, 0.1) is 0 Å². The van der Waals surface area contributed by atoms with Crippen molar-refractivity contribution in [3.05, 3.63) is 12.2 Å². The minimum absolute atomic E-state index is 0.0477. The van der Waals surface area contributed by atoms with Crippen molar-refractivity contribution in [1.82, 2.24) is 5.32 Å². The van der Waals surface area contributed by atoms with Crippen molar-refractivity contribution in [3.8, 4) is 0 Å². The number of hydrogen-bond donors (Lipinski definition) is 3. The molecule has 0 atom stereocenters. The van der Waals surface area contributed by atoms with E-state index in [0.717, 1.165) is 12.8 Å².